The Morgan fingerprint density at radius 1 is 1.78 bits per heavy atom. The number of nitrogens with two attached hydrogens (primary N) is 1. The Balaban J connectivity index is 2.61. The van der Waals surface area contributed by atoms with Crippen molar-refractivity contribution in [3.63, 3.8) is 0 Å². The largest absolute Gasteiger partial charge is 0.480 e. The van der Waals surface area contributed by atoms with E-state index in [1.165, 1.54) is 0 Å². The summed E-state index contributed by atoms with van der Waals surface area (Å²) in [6.45, 7) is 1.10. The second-order valence-electron chi connectivity index (χ2n) is 2.39. The van der Waals surface area contributed by atoms with Crippen molar-refractivity contribution >= 4 is 5.97 Å². The van der Waals surface area contributed by atoms with Gasteiger partial charge in [0.15, 0.2) is 0 Å². The van der Waals surface area contributed by atoms with Gasteiger partial charge in [-0.05, 0) is 13.0 Å². The third kappa shape index (κ3) is 1.04. The van der Waals surface area contributed by atoms with Gasteiger partial charge in [-0.2, -0.15) is 0 Å². The molecule has 0 unspecified atom stereocenters. The van der Waals surface area contributed by atoms with Crippen molar-refractivity contribution in [1.29, 1.82) is 0 Å². The zero-order valence-electron chi connectivity index (χ0n) is 5.05. The van der Waals surface area contributed by atoms with E-state index in [0.29, 0.717) is 19.5 Å². The summed E-state index contributed by atoms with van der Waals surface area (Å²) in [5.41, 5.74) is 4.44. The summed E-state index contributed by atoms with van der Waals surface area (Å²) in [7, 11) is 0. The quantitative estimate of drug-likeness (QED) is 0.415. The van der Waals surface area contributed by atoms with Crippen LogP contribution in [0.3, 0.4) is 0 Å². The van der Waals surface area contributed by atoms with E-state index in [4.69, 9.17) is 10.8 Å². The Kier molecular flexibility index (Phi) is 1.42. The van der Waals surface area contributed by atoms with Crippen LogP contribution in [0.1, 0.15) is 6.42 Å². The lowest BCUT2D eigenvalue weighted by Gasteiger charge is -2.14. The van der Waals surface area contributed by atoms with Gasteiger partial charge in [0, 0.05) is 6.54 Å². The molecule has 1 fully saturated rings. The molecule has 0 saturated carbocycles. The zero-order chi connectivity index (χ0) is 6.91. The van der Waals surface area contributed by atoms with Crippen molar-refractivity contribution in [3.05, 3.63) is 0 Å². The van der Waals surface area contributed by atoms with Crippen LogP contribution in [0.5, 0.6) is 0 Å². The van der Waals surface area contributed by atoms with E-state index in [1.54, 1.807) is 0 Å². The van der Waals surface area contributed by atoms with Gasteiger partial charge in [0.2, 0.25) is 0 Å². The van der Waals surface area contributed by atoms with Crippen LogP contribution in [0.2, 0.25) is 0 Å². The first-order chi connectivity index (χ1) is 4.15. The molecule has 0 bridgehead atoms. The summed E-state index contributed by atoms with van der Waals surface area (Å²) >= 11 is 0. The summed E-state index contributed by atoms with van der Waals surface area (Å²) < 4.78 is 0. The summed E-state index contributed by atoms with van der Waals surface area (Å²) in [6, 6.07) is 0. The van der Waals surface area contributed by atoms with Gasteiger partial charge >= 0.3 is 5.97 Å². The maximum absolute atomic E-state index is 10.4. The van der Waals surface area contributed by atoms with Crippen LogP contribution in [0, 0.1) is 0 Å². The molecule has 1 aliphatic rings. The Labute approximate surface area is 53.0 Å². The van der Waals surface area contributed by atoms with Gasteiger partial charge in [-0.15, -0.1) is 0 Å². The van der Waals surface area contributed by atoms with Crippen molar-refractivity contribution in [3.8, 4) is 0 Å². The van der Waals surface area contributed by atoms with Gasteiger partial charge in [-0.25, -0.2) is 0 Å². The SMILES string of the molecule is N[C@@]1(C(=O)O)CCNC1. The summed E-state index contributed by atoms with van der Waals surface area (Å²) in [6.07, 6.45) is 0.530. The van der Waals surface area contributed by atoms with Gasteiger partial charge < -0.3 is 16.2 Å². The van der Waals surface area contributed by atoms with Crippen molar-refractivity contribution < 1.29 is 9.90 Å². The molecule has 0 aromatic rings. The molecule has 52 valence electrons. The molecule has 0 aromatic heterocycles. The van der Waals surface area contributed by atoms with Crippen LogP contribution in [-0.4, -0.2) is 29.7 Å². The predicted molar refractivity (Wildman–Crippen MR) is 32.0 cm³/mol. The Bertz CT molecular complexity index is 129. The number of carbonyl (C=O) groups is 1. The summed E-state index contributed by atoms with van der Waals surface area (Å²) in [4.78, 5) is 10.4. The molecule has 4 nitrogen and oxygen atoms in total. The van der Waals surface area contributed by atoms with Gasteiger partial charge in [0.1, 0.15) is 5.54 Å². The number of carboxylic acids is 1. The minimum atomic E-state index is -1.00. The first-order valence-electron chi connectivity index (χ1n) is 2.88. The Morgan fingerprint density at radius 2 is 2.44 bits per heavy atom. The fourth-order valence-electron chi connectivity index (χ4n) is 0.894. The molecule has 1 atom stereocenters. The number of aliphatic carboxylic acids is 1. The van der Waals surface area contributed by atoms with E-state index in [-0.39, 0.29) is 0 Å². The fourth-order valence-corrected chi connectivity index (χ4v) is 0.894. The fraction of sp³-hybridized carbons (Fsp3) is 0.800. The average molecular weight is 130 g/mol. The average Bonchev–Trinajstić information content (AvgIpc) is 2.16. The van der Waals surface area contributed by atoms with Gasteiger partial charge in [-0.1, -0.05) is 0 Å². The first kappa shape index (κ1) is 6.51. The van der Waals surface area contributed by atoms with Gasteiger partial charge in [-0.3, -0.25) is 4.79 Å². The molecule has 0 amide bonds. The summed E-state index contributed by atoms with van der Waals surface area (Å²) in [5, 5.41) is 11.4. The van der Waals surface area contributed by atoms with Crippen molar-refractivity contribution in [2.45, 2.75) is 12.0 Å². The standard InChI is InChI=1S/C5H10N2O2/c6-5(4(8)9)1-2-7-3-5/h7H,1-3,6H2,(H,8,9)/t5-/m0/s1. The molecule has 1 saturated heterocycles. The molecule has 4 N–H and O–H groups in total. The highest BCUT2D eigenvalue weighted by Crippen LogP contribution is 2.09. The number of rotatable bonds is 1. The highest BCUT2D eigenvalue weighted by molar-refractivity contribution is 5.79. The van der Waals surface area contributed by atoms with Crippen molar-refractivity contribution in [2.24, 2.45) is 5.73 Å². The van der Waals surface area contributed by atoms with E-state index in [0.717, 1.165) is 0 Å². The minimum absolute atomic E-state index is 0.391. The third-order valence-electron chi connectivity index (χ3n) is 1.61. The third-order valence-corrected chi connectivity index (χ3v) is 1.61. The number of carboxylic acid groups (broad SMARTS) is 1. The van der Waals surface area contributed by atoms with Crippen LogP contribution in [0.4, 0.5) is 0 Å². The molecule has 0 spiro atoms. The number of hydrogen-bond donors (Lipinski definition) is 3. The molecule has 1 aliphatic heterocycles. The van der Waals surface area contributed by atoms with Gasteiger partial charge in [0.25, 0.3) is 0 Å². The number of nitrogens with one attached hydrogen (secondary N) is 1. The Hall–Kier alpha value is -0.610. The molecule has 1 heterocycles. The minimum Gasteiger partial charge on any atom is -0.480 e. The smallest absolute Gasteiger partial charge is 0.325 e. The highest BCUT2D eigenvalue weighted by Gasteiger charge is 2.36. The second-order valence-corrected chi connectivity index (χ2v) is 2.39. The predicted octanol–water partition coefficient (Wildman–Crippen LogP) is -1.24. The lowest BCUT2D eigenvalue weighted by atomic mass is 10.0. The lowest BCUT2D eigenvalue weighted by molar-refractivity contribution is -0.142. The maximum Gasteiger partial charge on any atom is 0.325 e. The molecular weight excluding hydrogens is 120 g/mol. The van der Waals surface area contributed by atoms with E-state index < -0.39 is 11.5 Å². The number of hydrogen-bond acceptors (Lipinski definition) is 3. The maximum atomic E-state index is 10.4. The second kappa shape index (κ2) is 1.97. The molecule has 0 aromatic carbocycles. The molecular formula is C5H10N2O2. The molecule has 9 heavy (non-hydrogen) atoms. The molecule has 0 radical (unpaired) electrons. The van der Waals surface area contributed by atoms with Crippen molar-refractivity contribution in [1.82, 2.24) is 5.32 Å². The van der Waals surface area contributed by atoms with Crippen LogP contribution in [-0.2, 0) is 4.79 Å². The van der Waals surface area contributed by atoms with Crippen LogP contribution >= 0.6 is 0 Å². The monoisotopic (exact) mass is 130 g/mol. The Morgan fingerprint density at radius 3 is 2.67 bits per heavy atom. The zero-order valence-corrected chi connectivity index (χ0v) is 5.05. The molecule has 0 aliphatic carbocycles. The van der Waals surface area contributed by atoms with Crippen molar-refractivity contribution in [2.75, 3.05) is 13.1 Å². The van der Waals surface area contributed by atoms with Crippen LogP contribution in [0.25, 0.3) is 0 Å². The van der Waals surface area contributed by atoms with E-state index in [1.807, 2.05) is 0 Å². The topological polar surface area (TPSA) is 75.4 Å². The van der Waals surface area contributed by atoms with Crippen LogP contribution in [0.15, 0.2) is 0 Å². The first-order valence-corrected chi connectivity index (χ1v) is 2.88. The van der Waals surface area contributed by atoms with Gasteiger partial charge in [0.05, 0.1) is 0 Å². The lowest BCUT2D eigenvalue weighted by Crippen LogP contribution is -2.49. The highest BCUT2D eigenvalue weighted by atomic mass is 16.4. The molecule has 1 rings (SSSR count). The van der Waals surface area contributed by atoms with Crippen LogP contribution < -0.4 is 11.1 Å². The normalized spacial score (nSPS) is 34.8. The van der Waals surface area contributed by atoms with E-state index >= 15 is 0 Å². The van der Waals surface area contributed by atoms with E-state index in [9.17, 15) is 4.79 Å². The molecule has 4 heteroatoms. The summed E-state index contributed by atoms with van der Waals surface area (Å²) in [5.74, 6) is -0.910. The van der Waals surface area contributed by atoms with E-state index in [2.05, 4.69) is 5.32 Å².